The number of amides is 1. The van der Waals surface area contributed by atoms with Crippen LogP contribution < -0.4 is 10.2 Å². The summed E-state index contributed by atoms with van der Waals surface area (Å²) in [4.78, 5) is 24.7. The molecule has 1 saturated heterocycles. The second-order valence-corrected chi connectivity index (χ2v) is 6.08. The summed E-state index contributed by atoms with van der Waals surface area (Å²) in [6, 6.07) is 6.03. The van der Waals surface area contributed by atoms with Crippen molar-refractivity contribution in [3.8, 4) is 0 Å². The van der Waals surface area contributed by atoms with Gasteiger partial charge in [0.15, 0.2) is 0 Å². The van der Waals surface area contributed by atoms with Crippen LogP contribution in [0, 0.1) is 0 Å². The first-order chi connectivity index (χ1) is 12.3. The first-order valence-corrected chi connectivity index (χ1v) is 8.07. The number of likely N-dealkylation sites (N-methyl/N-ethyl adjacent to an activating group) is 1. The molecule has 0 spiro atoms. The second-order valence-electron chi connectivity index (χ2n) is 6.08. The van der Waals surface area contributed by atoms with Crippen molar-refractivity contribution in [2.75, 3.05) is 43.4 Å². The fourth-order valence-electron chi connectivity index (χ4n) is 2.65. The van der Waals surface area contributed by atoms with Crippen LogP contribution in [0.15, 0.2) is 36.7 Å². The highest BCUT2D eigenvalue weighted by atomic mass is 19.4. The van der Waals surface area contributed by atoms with Gasteiger partial charge in [-0.1, -0.05) is 6.07 Å². The minimum absolute atomic E-state index is 0.0598. The molecule has 9 heteroatoms. The number of halogens is 3. The van der Waals surface area contributed by atoms with E-state index in [1.54, 1.807) is 6.07 Å². The van der Waals surface area contributed by atoms with E-state index < -0.39 is 17.6 Å². The van der Waals surface area contributed by atoms with Gasteiger partial charge in [0.1, 0.15) is 17.8 Å². The number of carbonyl (C=O) groups excluding carboxylic acids is 1. The third kappa shape index (κ3) is 4.29. The largest absolute Gasteiger partial charge is 0.416 e. The maximum absolute atomic E-state index is 12.8. The van der Waals surface area contributed by atoms with E-state index in [1.807, 2.05) is 11.9 Å². The van der Waals surface area contributed by atoms with Crippen LogP contribution in [0.1, 0.15) is 16.1 Å². The minimum atomic E-state index is -4.47. The number of piperazine rings is 1. The maximum atomic E-state index is 12.8. The Morgan fingerprint density at radius 3 is 2.54 bits per heavy atom. The fourth-order valence-corrected chi connectivity index (χ4v) is 2.65. The monoisotopic (exact) mass is 365 g/mol. The topological polar surface area (TPSA) is 61.4 Å². The molecule has 2 heterocycles. The lowest BCUT2D eigenvalue weighted by molar-refractivity contribution is -0.137. The predicted octanol–water partition coefficient (Wildman–Crippen LogP) is 2.50. The first kappa shape index (κ1) is 18.1. The summed E-state index contributed by atoms with van der Waals surface area (Å²) in [6.07, 6.45) is -3.18. The van der Waals surface area contributed by atoms with Crippen molar-refractivity contribution in [2.24, 2.45) is 0 Å². The highest BCUT2D eigenvalue weighted by molar-refractivity contribution is 6.03. The molecule has 1 aromatic carbocycles. The van der Waals surface area contributed by atoms with Gasteiger partial charge in [0.25, 0.3) is 5.91 Å². The van der Waals surface area contributed by atoms with Crippen LogP contribution in [0.2, 0.25) is 0 Å². The van der Waals surface area contributed by atoms with Gasteiger partial charge in [-0.05, 0) is 25.2 Å². The lowest BCUT2D eigenvalue weighted by Crippen LogP contribution is -2.44. The van der Waals surface area contributed by atoms with Crippen molar-refractivity contribution in [2.45, 2.75) is 6.18 Å². The highest BCUT2D eigenvalue weighted by Gasteiger charge is 2.30. The summed E-state index contributed by atoms with van der Waals surface area (Å²) in [7, 11) is 2.03. The Balaban J connectivity index is 1.73. The lowest BCUT2D eigenvalue weighted by atomic mass is 10.2. The molecule has 26 heavy (non-hydrogen) atoms. The zero-order valence-electron chi connectivity index (χ0n) is 14.1. The van der Waals surface area contributed by atoms with Gasteiger partial charge in [-0.25, -0.2) is 9.97 Å². The number of aromatic nitrogens is 2. The number of anilines is 2. The van der Waals surface area contributed by atoms with Gasteiger partial charge in [0.05, 0.1) is 5.56 Å². The SMILES string of the molecule is CN1CCN(c2cc(C(=O)Nc3cccc(C(F)(F)F)c3)ncn2)CC1. The molecule has 1 fully saturated rings. The number of alkyl halides is 3. The third-order valence-corrected chi connectivity index (χ3v) is 4.16. The number of hydrogen-bond donors (Lipinski definition) is 1. The van der Waals surface area contributed by atoms with Gasteiger partial charge >= 0.3 is 6.18 Å². The Hall–Kier alpha value is -2.68. The molecule has 138 valence electrons. The minimum Gasteiger partial charge on any atom is -0.354 e. The molecule has 0 radical (unpaired) electrons. The second kappa shape index (κ2) is 7.28. The Morgan fingerprint density at radius 2 is 1.85 bits per heavy atom. The van der Waals surface area contributed by atoms with E-state index in [-0.39, 0.29) is 11.4 Å². The van der Waals surface area contributed by atoms with Gasteiger partial charge in [-0.3, -0.25) is 4.79 Å². The van der Waals surface area contributed by atoms with Gasteiger partial charge in [-0.15, -0.1) is 0 Å². The van der Waals surface area contributed by atoms with Crippen LogP contribution >= 0.6 is 0 Å². The van der Waals surface area contributed by atoms with Crippen molar-refractivity contribution >= 4 is 17.4 Å². The summed E-state index contributed by atoms with van der Waals surface area (Å²) in [5.74, 6) is 0.0457. The van der Waals surface area contributed by atoms with Gasteiger partial charge in [0, 0.05) is 37.9 Å². The van der Waals surface area contributed by atoms with Crippen molar-refractivity contribution in [3.63, 3.8) is 0 Å². The van der Waals surface area contributed by atoms with E-state index >= 15 is 0 Å². The molecular formula is C17H18F3N5O. The smallest absolute Gasteiger partial charge is 0.354 e. The summed E-state index contributed by atoms with van der Waals surface area (Å²) in [5, 5.41) is 2.45. The van der Waals surface area contributed by atoms with Crippen molar-refractivity contribution in [3.05, 3.63) is 47.9 Å². The molecule has 0 atom stereocenters. The molecule has 0 saturated carbocycles. The molecule has 1 aliphatic rings. The highest BCUT2D eigenvalue weighted by Crippen LogP contribution is 2.30. The molecule has 0 unspecified atom stereocenters. The normalized spacial score (nSPS) is 15.8. The molecule has 2 aromatic rings. The van der Waals surface area contributed by atoms with Crippen LogP contribution in [0.4, 0.5) is 24.7 Å². The summed E-state index contributed by atoms with van der Waals surface area (Å²) < 4.78 is 38.3. The molecule has 1 amide bonds. The van der Waals surface area contributed by atoms with Gasteiger partial charge in [-0.2, -0.15) is 13.2 Å². The quantitative estimate of drug-likeness (QED) is 0.906. The average Bonchev–Trinajstić information content (AvgIpc) is 2.62. The molecule has 1 aliphatic heterocycles. The van der Waals surface area contributed by atoms with E-state index in [2.05, 4.69) is 20.2 Å². The van der Waals surface area contributed by atoms with Gasteiger partial charge < -0.3 is 15.1 Å². The standard InChI is InChI=1S/C17H18F3N5O/c1-24-5-7-25(8-6-24)15-10-14(21-11-22-15)16(26)23-13-4-2-3-12(9-13)17(18,19)20/h2-4,9-11H,5-8H2,1H3,(H,23,26). The van der Waals surface area contributed by atoms with Crippen molar-refractivity contribution < 1.29 is 18.0 Å². The molecule has 0 bridgehead atoms. The zero-order chi connectivity index (χ0) is 18.7. The number of benzene rings is 1. The molecule has 3 rings (SSSR count). The predicted molar refractivity (Wildman–Crippen MR) is 91.1 cm³/mol. The summed E-state index contributed by atoms with van der Waals surface area (Å²) in [5.41, 5.74) is -0.660. The Bertz CT molecular complexity index is 788. The average molecular weight is 365 g/mol. The fraction of sp³-hybridized carbons (Fsp3) is 0.353. The Labute approximate surface area is 148 Å². The number of carbonyl (C=O) groups is 1. The van der Waals surface area contributed by atoms with E-state index in [4.69, 9.17) is 0 Å². The molecule has 0 aliphatic carbocycles. The summed E-state index contributed by atoms with van der Waals surface area (Å²) >= 11 is 0. The number of rotatable bonds is 3. The van der Waals surface area contributed by atoms with Crippen LogP contribution in [-0.2, 0) is 6.18 Å². The van der Waals surface area contributed by atoms with Crippen LogP contribution in [0.25, 0.3) is 0 Å². The van der Waals surface area contributed by atoms with Crippen LogP contribution in [0.3, 0.4) is 0 Å². The van der Waals surface area contributed by atoms with E-state index in [1.165, 1.54) is 18.5 Å². The molecule has 1 aromatic heterocycles. The van der Waals surface area contributed by atoms with Gasteiger partial charge in [0.2, 0.25) is 0 Å². The number of hydrogen-bond acceptors (Lipinski definition) is 5. The van der Waals surface area contributed by atoms with Crippen LogP contribution in [-0.4, -0.2) is 54.0 Å². The molecular weight excluding hydrogens is 347 g/mol. The Kier molecular flexibility index (Phi) is 5.08. The third-order valence-electron chi connectivity index (χ3n) is 4.16. The Morgan fingerprint density at radius 1 is 1.12 bits per heavy atom. The first-order valence-electron chi connectivity index (χ1n) is 8.07. The molecule has 1 N–H and O–H groups in total. The van der Waals surface area contributed by atoms with E-state index in [0.717, 1.165) is 38.3 Å². The summed E-state index contributed by atoms with van der Waals surface area (Å²) in [6.45, 7) is 3.33. The van der Waals surface area contributed by atoms with E-state index in [9.17, 15) is 18.0 Å². The maximum Gasteiger partial charge on any atom is 0.416 e. The zero-order valence-corrected chi connectivity index (χ0v) is 14.1. The van der Waals surface area contributed by atoms with Crippen molar-refractivity contribution in [1.82, 2.24) is 14.9 Å². The number of nitrogens with one attached hydrogen (secondary N) is 1. The molecule has 6 nitrogen and oxygen atoms in total. The van der Waals surface area contributed by atoms with E-state index in [0.29, 0.717) is 5.82 Å². The van der Waals surface area contributed by atoms with Crippen LogP contribution in [0.5, 0.6) is 0 Å². The number of nitrogens with zero attached hydrogens (tertiary/aromatic N) is 4. The lowest BCUT2D eigenvalue weighted by Gasteiger charge is -2.33. The van der Waals surface area contributed by atoms with Crippen molar-refractivity contribution in [1.29, 1.82) is 0 Å².